The largest absolute Gasteiger partial charge is 0.339 e. The average Bonchev–Trinajstić information content (AvgIpc) is 2.84. The summed E-state index contributed by atoms with van der Waals surface area (Å²) in [6.45, 7) is 5.71. The average molecular weight is 296 g/mol. The number of aryl methyl sites for hydroxylation is 1. The molecule has 0 radical (unpaired) electrons. The van der Waals surface area contributed by atoms with Crippen molar-refractivity contribution in [3.63, 3.8) is 0 Å². The van der Waals surface area contributed by atoms with Gasteiger partial charge in [-0.1, -0.05) is 60.2 Å². The summed E-state index contributed by atoms with van der Waals surface area (Å²) in [5, 5.41) is 0. The standard InChI is InChI=1S/C19H20O3/c1-13-9-11-15(12-10-13)17-18(22-19(2,3)21-17)16(20)14-7-5-4-6-8-14/h4-12,17-18H,1-3H3/t17-,18-/m0/s1. The maximum atomic E-state index is 12.8. The topological polar surface area (TPSA) is 35.5 Å². The van der Waals surface area contributed by atoms with Crippen LogP contribution in [0, 0.1) is 6.92 Å². The number of carbonyl (C=O) groups excluding carboxylic acids is 1. The Morgan fingerprint density at radius 1 is 0.955 bits per heavy atom. The van der Waals surface area contributed by atoms with Gasteiger partial charge in [0.2, 0.25) is 0 Å². The number of benzene rings is 2. The van der Waals surface area contributed by atoms with Gasteiger partial charge < -0.3 is 9.47 Å². The van der Waals surface area contributed by atoms with Gasteiger partial charge in [-0.15, -0.1) is 0 Å². The molecule has 3 nitrogen and oxygen atoms in total. The van der Waals surface area contributed by atoms with Crippen LogP contribution in [0.4, 0.5) is 0 Å². The van der Waals surface area contributed by atoms with Crippen molar-refractivity contribution in [1.82, 2.24) is 0 Å². The Bertz CT molecular complexity index is 659. The van der Waals surface area contributed by atoms with Crippen molar-refractivity contribution < 1.29 is 14.3 Å². The van der Waals surface area contributed by atoms with Gasteiger partial charge in [0.25, 0.3) is 0 Å². The first-order chi connectivity index (χ1) is 10.5. The molecule has 0 spiro atoms. The van der Waals surface area contributed by atoms with Gasteiger partial charge in [-0.2, -0.15) is 0 Å². The van der Waals surface area contributed by atoms with Crippen LogP contribution in [-0.4, -0.2) is 17.7 Å². The molecule has 0 saturated carbocycles. The molecule has 0 unspecified atom stereocenters. The first-order valence-corrected chi connectivity index (χ1v) is 7.48. The van der Waals surface area contributed by atoms with Crippen LogP contribution in [0.2, 0.25) is 0 Å². The molecule has 114 valence electrons. The molecule has 3 rings (SSSR count). The molecule has 0 N–H and O–H groups in total. The molecule has 2 atom stereocenters. The van der Waals surface area contributed by atoms with E-state index in [4.69, 9.17) is 9.47 Å². The van der Waals surface area contributed by atoms with Gasteiger partial charge >= 0.3 is 0 Å². The lowest BCUT2D eigenvalue weighted by molar-refractivity contribution is -0.143. The SMILES string of the molecule is Cc1ccc([C@@H]2OC(C)(C)O[C@H]2C(=O)c2ccccc2)cc1. The quantitative estimate of drug-likeness (QED) is 0.801. The minimum atomic E-state index is -0.773. The van der Waals surface area contributed by atoms with E-state index in [2.05, 4.69) is 0 Å². The van der Waals surface area contributed by atoms with Crippen LogP contribution in [0.5, 0.6) is 0 Å². The van der Waals surface area contributed by atoms with Gasteiger partial charge in [-0.25, -0.2) is 0 Å². The van der Waals surface area contributed by atoms with E-state index in [1.165, 1.54) is 5.56 Å². The molecule has 0 amide bonds. The summed E-state index contributed by atoms with van der Waals surface area (Å²) in [7, 11) is 0. The fourth-order valence-electron chi connectivity index (χ4n) is 2.72. The first kappa shape index (κ1) is 14.9. The van der Waals surface area contributed by atoms with Crippen LogP contribution in [0.15, 0.2) is 54.6 Å². The van der Waals surface area contributed by atoms with E-state index in [9.17, 15) is 4.79 Å². The Labute approximate surface area is 130 Å². The molecule has 1 heterocycles. The van der Waals surface area contributed by atoms with Crippen molar-refractivity contribution in [1.29, 1.82) is 0 Å². The Morgan fingerprint density at radius 3 is 2.23 bits per heavy atom. The third-order valence-corrected chi connectivity index (χ3v) is 3.82. The van der Waals surface area contributed by atoms with Crippen LogP contribution in [0.3, 0.4) is 0 Å². The molecule has 0 aliphatic carbocycles. The van der Waals surface area contributed by atoms with Crippen LogP contribution in [0.25, 0.3) is 0 Å². The van der Waals surface area contributed by atoms with Crippen LogP contribution < -0.4 is 0 Å². The van der Waals surface area contributed by atoms with Crippen molar-refractivity contribution >= 4 is 5.78 Å². The fraction of sp³-hybridized carbons (Fsp3) is 0.316. The maximum absolute atomic E-state index is 12.8. The number of rotatable bonds is 3. The lowest BCUT2D eigenvalue weighted by atomic mass is 9.97. The second kappa shape index (κ2) is 5.67. The number of hydrogen-bond acceptors (Lipinski definition) is 3. The van der Waals surface area contributed by atoms with Crippen molar-refractivity contribution in [2.24, 2.45) is 0 Å². The van der Waals surface area contributed by atoms with Crippen LogP contribution >= 0.6 is 0 Å². The van der Waals surface area contributed by atoms with E-state index >= 15 is 0 Å². The van der Waals surface area contributed by atoms with Crippen LogP contribution in [0.1, 0.15) is 41.4 Å². The predicted octanol–water partition coefficient (Wildman–Crippen LogP) is 4.07. The van der Waals surface area contributed by atoms with E-state index in [-0.39, 0.29) is 11.9 Å². The highest BCUT2D eigenvalue weighted by atomic mass is 16.8. The molecule has 0 bridgehead atoms. The summed E-state index contributed by atoms with van der Waals surface area (Å²) in [6.07, 6.45) is -1.01. The summed E-state index contributed by atoms with van der Waals surface area (Å²) in [5.74, 6) is -0.818. The van der Waals surface area contributed by atoms with Gasteiger partial charge in [0, 0.05) is 5.56 Å². The predicted molar refractivity (Wildman–Crippen MR) is 84.7 cm³/mol. The number of ether oxygens (including phenoxy) is 2. The highest BCUT2D eigenvalue weighted by molar-refractivity contribution is 6.00. The number of Topliss-reactive ketones (excluding diaryl/α,β-unsaturated/α-hetero) is 1. The zero-order valence-corrected chi connectivity index (χ0v) is 13.1. The molecular formula is C19H20O3. The van der Waals surface area contributed by atoms with Crippen LogP contribution in [-0.2, 0) is 9.47 Å². The minimum absolute atomic E-state index is 0.0447. The van der Waals surface area contributed by atoms with Crippen molar-refractivity contribution in [3.8, 4) is 0 Å². The second-order valence-corrected chi connectivity index (χ2v) is 6.12. The highest BCUT2D eigenvalue weighted by Crippen LogP contribution is 2.39. The third kappa shape index (κ3) is 2.96. The molecule has 22 heavy (non-hydrogen) atoms. The van der Waals surface area contributed by atoms with Gasteiger partial charge in [-0.05, 0) is 26.3 Å². The van der Waals surface area contributed by atoms with Gasteiger partial charge in [-0.3, -0.25) is 4.79 Å². The van der Waals surface area contributed by atoms with E-state index in [0.29, 0.717) is 5.56 Å². The molecular weight excluding hydrogens is 276 g/mol. The Kier molecular flexibility index (Phi) is 3.85. The van der Waals surface area contributed by atoms with Crippen molar-refractivity contribution in [2.75, 3.05) is 0 Å². The first-order valence-electron chi connectivity index (χ1n) is 7.48. The van der Waals surface area contributed by atoms with Gasteiger partial charge in [0.05, 0.1) is 0 Å². The highest BCUT2D eigenvalue weighted by Gasteiger charge is 2.45. The zero-order valence-electron chi connectivity index (χ0n) is 13.1. The molecule has 1 aliphatic heterocycles. The zero-order chi connectivity index (χ0) is 15.7. The molecule has 1 aliphatic rings. The summed E-state index contributed by atoms with van der Waals surface area (Å²) in [4.78, 5) is 12.8. The molecule has 1 fully saturated rings. The smallest absolute Gasteiger partial charge is 0.194 e. The normalized spacial score (nSPS) is 23.4. The molecule has 0 aromatic heterocycles. The Hall–Kier alpha value is -1.97. The second-order valence-electron chi connectivity index (χ2n) is 6.12. The number of hydrogen-bond donors (Lipinski definition) is 0. The maximum Gasteiger partial charge on any atom is 0.194 e. The van der Waals surface area contributed by atoms with E-state index in [1.54, 1.807) is 0 Å². The lowest BCUT2D eigenvalue weighted by Gasteiger charge is -2.17. The fourth-order valence-corrected chi connectivity index (χ4v) is 2.72. The van der Waals surface area contributed by atoms with Gasteiger partial charge in [0.1, 0.15) is 6.10 Å². The summed E-state index contributed by atoms with van der Waals surface area (Å²) < 4.78 is 11.9. The van der Waals surface area contributed by atoms with Gasteiger partial charge in [0.15, 0.2) is 17.7 Å². The van der Waals surface area contributed by atoms with E-state index in [0.717, 1.165) is 5.56 Å². The Balaban J connectivity index is 1.93. The number of carbonyl (C=O) groups is 1. The van der Waals surface area contributed by atoms with Crippen molar-refractivity contribution in [3.05, 3.63) is 71.3 Å². The summed E-state index contributed by atoms with van der Waals surface area (Å²) in [6, 6.07) is 17.3. The molecule has 2 aromatic rings. The number of ketones is 1. The molecule has 1 saturated heterocycles. The Morgan fingerprint density at radius 2 is 1.59 bits per heavy atom. The van der Waals surface area contributed by atoms with E-state index < -0.39 is 11.9 Å². The van der Waals surface area contributed by atoms with Crippen molar-refractivity contribution in [2.45, 2.75) is 38.8 Å². The summed E-state index contributed by atoms with van der Waals surface area (Å²) >= 11 is 0. The minimum Gasteiger partial charge on any atom is -0.339 e. The lowest BCUT2D eigenvalue weighted by Crippen LogP contribution is -2.28. The summed E-state index contributed by atoms with van der Waals surface area (Å²) in [5.41, 5.74) is 2.78. The third-order valence-electron chi connectivity index (χ3n) is 3.82. The molecule has 3 heteroatoms. The monoisotopic (exact) mass is 296 g/mol. The van der Waals surface area contributed by atoms with E-state index in [1.807, 2.05) is 75.4 Å². The molecule has 2 aromatic carbocycles.